The number of benzene rings is 4. The largest absolute Gasteiger partial charge is 0.504 e. The lowest BCUT2D eigenvalue weighted by Gasteiger charge is -2.54. The predicted octanol–water partition coefficient (Wildman–Crippen LogP) is 12.2. The van der Waals surface area contributed by atoms with Gasteiger partial charge in [0.05, 0.1) is 55.3 Å². The van der Waals surface area contributed by atoms with Crippen molar-refractivity contribution in [2.24, 2.45) is 68.5 Å². The molecule has 0 amide bonds. The minimum absolute atomic E-state index is 0. The molecule has 4 saturated heterocycles. The smallest absolute Gasteiger partial charge is 0.338 e. The third kappa shape index (κ3) is 12.5. The van der Waals surface area contributed by atoms with Crippen molar-refractivity contribution in [1.29, 1.82) is 0 Å². The maximum atomic E-state index is 14.0. The van der Waals surface area contributed by atoms with Crippen molar-refractivity contribution >= 4 is 35.1 Å². The normalized spacial score (nSPS) is 34.6. The van der Waals surface area contributed by atoms with Crippen molar-refractivity contribution in [3.05, 3.63) is 152 Å². The van der Waals surface area contributed by atoms with Gasteiger partial charge in [0.1, 0.15) is 24.4 Å². The van der Waals surface area contributed by atoms with E-state index in [4.69, 9.17) is 48.1 Å². The molecule has 4 aliphatic heterocycles. The Hall–Kier alpha value is -10.6. The van der Waals surface area contributed by atoms with Crippen LogP contribution in [0.25, 0.3) is 14.5 Å². The van der Waals surface area contributed by atoms with E-state index in [2.05, 4.69) is 42.2 Å². The molecule has 107 heavy (non-hydrogen) atoms. The zero-order valence-electron chi connectivity index (χ0n) is 60.4. The molecule has 0 aromatic heterocycles. The molecule has 27 nitrogen and oxygen atoms in total. The van der Waals surface area contributed by atoms with E-state index in [1.54, 1.807) is 41.5 Å². The molecule has 18 atom stereocenters. The van der Waals surface area contributed by atoms with E-state index < -0.39 is 162 Å². The lowest BCUT2D eigenvalue weighted by molar-refractivity contribution is -0.271. The topological polar surface area (TPSA) is 414 Å². The summed E-state index contributed by atoms with van der Waals surface area (Å²) in [5, 5.41) is 118. The summed E-state index contributed by atoms with van der Waals surface area (Å²) in [6, 6.07) is 8.10. The van der Waals surface area contributed by atoms with Crippen LogP contribution in [0.3, 0.4) is 0 Å². The van der Waals surface area contributed by atoms with Crippen LogP contribution in [-0.4, -0.2) is 139 Å². The van der Waals surface area contributed by atoms with Gasteiger partial charge in [-0.1, -0.05) is 80.0 Å². The highest BCUT2D eigenvalue weighted by atomic mass is 16.7. The molecule has 4 aromatic rings. The molecule has 4 aromatic carbocycles. The summed E-state index contributed by atoms with van der Waals surface area (Å²) >= 11 is 0. The minimum atomic E-state index is -1.19. The van der Waals surface area contributed by atoms with E-state index >= 15 is 0 Å². The average molecular weight is 1470 g/mol. The number of ketones is 4. The summed E-state index contributed by atoms with van der Waals surface area (Å²) in [4.78, 5) is 88.6. The van der Waals surface area contributed by atoms with Crippen LogP contribution in [0.1, 0.15) is 166 Å². The number of rotatable bonds is 6. The number of hydrogen-bond acceptors (Lipinski definition) is 24. The van der Waals surface area contributed by atoms with Gasteiger partial charge < -0.3 is 104 Å². The quantitative estimate of drug-likeness (QED) is 0.0484. The maximum absolute atomic E-state index is 14.0. The number of phenols is 12. The van der Waals surface area contributed by atoms with Gasteiger partial charge in [0.15, 0.2) is 97.9 Å². The second-order valence-electron chi connectivity index (χ2n) is 32.2. The highest BCUT2D eigenvalue weighted by molar-refractivity contribution is 6.04. The lowest BCUT2D eigenvalue weighted by atomic mass is 9.49. The Kier molecular flexibility index (Phi) is 19.0. The van der Waals surface area contributed by atoms with Crippen LogP contribution in [0.5, 0.6) is 69.0 Å². The highest BCUT2D eigenvalue weighted by Gasteiger charge is 2.71. The number of allylic oxidation sites excluding steroid dienone is 6. The predicted molar refractivity (Wildman–Crippen MR) is 376 cm³/mol. The molecular formula is C80H87N3O24. The van der Waals surface area contributed by atoms with Crippen LogP contribution >= 0.6 is 0 Å². The molecule has 10 unspecified atom stereocenters. The first-order valence-corrected chi connectivity index (χ1v) is 35.3. The summed E-state index contributed by atoms with van der Waals surface area (Å²) in [6.07, 6.45) is 6.89. The third-order valence-electron chi connectivity index (χ3n) is 24.8. The van der Waals surface area contributed by atoms with E-state index in [9.17, 15) is 90.0 Å². The molecular weight excluding hydrogens is 1390 g/mol. The number of carbonyl (C=O) groups is 6. The van der Waals surface area contributed by atoms with Gasteiger partial charge in [-0.15, -0.1) is 0 Å². The van der Waals surface area contributed by atoms with E-state index in [1.165, 1.54) is 17.7 Å². The molecule has 4 heterocycles. The molecule has 566 valence electrons. The zero-order valence-corrected chi connectivity index (χ0v) is 60.4. The van der Waals surface area contributed by atoms with Crippen molar-refractivity contribution in [3.8, 4) is 69.0 Å². The fourth-order valence-corrected chi connectivity index (χ4v) is 19.3. The molecule has 2 saturated carbocycles. The summed E-state index contributed by atoms with van der Waals surface area (Å²) in [7, 11) is 0. The number of esters is 2. The fourth-order valence-electron chi connectivity index (χ4n) is 19.3. The van der Waals surface area contributed by atoms with Gasteiger partial charge in [0.2, 0.25) is 17.1 Å². The van der Waals surface area contributed by atoms with Crippen LogP contribution in [0, 0.1) is 88.2 Å². The molecule has 6 fully saturated rings. The van der Waals surface area contributed by atoms with E-state index in [-0.39, 0.29) is 100 Å². The van der Waals surface area contributed by atoms with E-state index in [1.807, 2.05) is 12.2 Å². The van der Waals surface area contributed by atoms with Crippen molar-refractivity contribution in [2.45, 2.75) is 169 Å². The van der Waals surface area contributed by atoms with Crippen LogP contribution in [-0.2, 0) is 47.6 Å². The first-order chi connectivity index (χ1) is 50.0. The molecule has 12 N–H and O–H groups in total. The van der Waals surface area contributed by atoms with Crippen molar-refractivity contribution < 1.29 is 120 Å². The van der Waals surface area contributed by atoms with E-state index in [0.29, 0.717) is 18.3 Å². The van der Waals surface area contributed by atoms with Gasteiger partial charge in [0.25, 0.3) is 0 Å². The Morgan fingerprint density at radius 1 is 0.570 bits per heavy atom. The molecule has 0 bridgehead atoms. The number of phenolic OH excluding ortho intramolecular Hbond substituents is 12. The Labute approximate surface area is 617 Å². The number of aromatic hydroxyl groups is 12. The van der Waals surface area contributed by atoms with Crippen LogP contribution in [0.4, 0.5) is 0 Å². The lowest BCUT2D eigenvalue weighted by Crippen LogP contribution is -2.57. The zero-order chi connectivity index (χ0) is 78.2. The standard InChI is InChI=1S/C28H35NO4.2C26H25NO10.H2/c1-15-8-9-28(32-14-15)16(2)25-23(33-28)11-20-18-7-6-17-10-22(30)21(29-5)13-26(17,3)19(18)12-24(31)27(20,25)4;1-25(2)19-9-18(36-24(35)12-7-16(30)21(33)17(31)8-12)22(11-5-14(28)20(32)15(29)6-11)37-26(19,3)10-13(27-4)23(25)34;1-25(2)22(34)13(27-4)9-26(3)10-18(36-23(35)12-7-16(30)20(33)17(31)8-12)21(37-24(25)26)11-5-14(28)19(32)15(29)6-11;/h12-13,15-18,20,23,25H,6-11,14H2,1-4H3;5-8,10,18-19,22,28-33H,9H2,1-3H3;5-9,18,21,24,28-33H,10H2,1-3H3;1H/t15?,16-,17?,18?,20?,23?,25?,26-,27+,28+;18-,19?,22-,26?;18-,21-,24?,26?;/m010./s1. The number of Topliss-reactive ketones (excluding diaryl/α,β-unsaturated/α-hetero) is 3. The van der Waals surface area contributed by atoms with Gasteiger partial charge in [-0.2, -0.15) is 0 Å². The Morgan fingerprint density at radius 2 is 1.06 bits per heavy atom. The maximum Gasteiger partial charge on any atom is 0.338 e. The third-order valence-corrected chi connectivity index (χ3v) is 24.8. The SMILES string of the molecule is [C-]#[N+]C1=CC2(C)C[C@H](OC(=O)c3cc(O)c(O)c(O)c3)[C@H](c3cc(O)c(O)c(O)c3)OC2C(C)(C)C1=O.[C-]#[N+]C1=CC2(C)O[C@H](c3cc(O)c(O)c(O)c3)[C@H](OC(=O)c3cc(O)c(O)c(O)c3)CC2C(C)(C)C1=O.[C-]#[N+]C1=C[C@]2(C)C3=CC(=O)[C@@]4(C)C(CC5O[C@]6(CCC(C)CO6)[C@@H](C)C54)C3CCC2CC1=O.[HH]. The summed E-state index contributed by atoms with van der Waals surface area (Å²) in [6.45, 7) is 41.9. The van der Waals surface area contributed by atoms with Crippen molar-refractivity contribution in [3.63, 3.8) is 0 Å². The molecule has 1 spiro atoms. The molecule has 27 heteroatoms. The average Bonchev–Trinajstić information content (AvgIpc) is 1.50. The first kappa shape index (κ1) is 76.0. The monoisotopic (exact) mass is 1470 g/mol. The second-order valence-corrected chi connectivity index (χ2v) is 32.2. The van der Waals surface area contributed by atoms with Gasteiger partial charge >= 0.3 is 11.9 Å². The van der Waals surface area contributed by atoms with Gasteiger partial charge in [-0.05, 0) is 141 Å². The minimum Gasteiger partial charge on any atom is -0.504 e. The number of hydrogen-bond donors (Lipinski definition) is 12. The van der Waals surface area contributed by atoms with Crippen LogP contribution in [0.2, 0.25) is 0 Å². The Morgan fingerprint density at radius 3 is 1.56 bits per heavy atom. The molecule has 14 rings (SSSR count). The number of ether oxygens (including phenoxy) is 6. The fraction of sp³-hybridized carbons (Fsp3) is 0.487. The summed E-state index contributed by atoms with van der Waals surface area (Å²) in [5.74, 6) is -10.8. The van der Waals surface area contributed by atoms with Crippen LogP contribution in [0.15, 0.2) is 95.5 Å². The molecule has 6 aliphatic carbocycles. The second kappa shape index (κ2) is 26.7. The van der Waals surface area contributed by atoms with Crippen molar-refractivity contribution in [1.82, 2.24) is 0 Å². The Balaban J connectivity index is 0.000000161. The molecule has 10 aliphatic rings. The van der Waals surface area contributed by atoms with Gasteiger partial charge in [0, 0.05) is 59.1 Å². The summed E-state index contributed by atoms with van der Waals surface area (Å²) in [5.41, 5.74) is -4.28. The van der Waals surface area contributed by atoms with Gasteiger partial charge in [-0.25, -0.2) is 24.1 Å². The summed E-state index contributed by atoms with van der Waals surface area (Å²) < 4.78 is 37.2. The number of nitrogens with zero attached hydrogens (tertiary/aromatic N) is 3. The van der Waals surface area contributed by atoms with Gasteiger partial charge in [-0.3, -0.25) is 4.79 Å². The van der Waals surface area contributed by atoms with Crippen LogP contribution < -0.4 is 0 Å². The number of carbonyl (C=O) groups excluding carboxylic acids is 6. The Bertz CT molecular complexity index is 4650. The first-order valence-electron chi connectivity index (χ1n) is 35.3. The molecule has 0 radical (unpaired) electrons. The number of fused-ring (bicyclic) bond motifs is 9. The van der Waals surface area contributed by atoms with Crippen molar-refractivity contribution in [2.75, 3.05) is 6.61 Å². The van der Waals surface area contributed by atoms with E-state index in [0.717, 1.165) is 87.2 Å². The highest BCUT2D eigenvalue weighted by Crippen LogP contribution is 2.69.